The number of ketones is 1. The van der Waals surface area contributed by atoms with Gasteiger partial charge in [-0.15, -0.1) is 0 Å². The molecule has 0 aliphatic carbocycles. The number of primary sulfonamides is 1. The number of rotatable bonds is 5. The zero-order valence-corrected chi connectivity index (χ0v) is 14.0. The van der Waals surface area contributed by atoms with Gasteiger partial charge in [-0.3, -0.25) is 4.79 Å². The lowest BCUT2D eigenvalue weighted by atomic mass is 10.1. The summed E-state index contributed by atoms with van der Waals surface area (Å²) in [5, 5.41) is 8.54. The number of nitrogens with two attached hydrogens (primary N) is 1. The monoisotopic (exact) mass is 370 g/mol. The number of carbonyl (C=O) groups is 1. The van der Waals surface area contributed by atoms with E-state index in [1.807, 2.05) is 0 Å². The first-order valence-electron chi connectivity index (χ1n) is 6.33. The fourth-order valence-corrected chi connectivity index (χ4v) is 2.51. The molecule has 120 valence electrons. The van der Waals surface area contributed by atoms with Gasteiger partial charge >= 0.3 is 0 Å². The molecule has 0 radical (unpaired) electrons. The fraction of sp³-hybridized carbons (Fsp3) is 0. The number of anilines is 1. The number of sulfonamides is 1. The molecule has 2 rings (SSSR count). The Balaban J connectivity index is 2.03. The molecule has 0 aromatic heterocycles. The van der Waals surface area contributed by atoms with Crippen molar-refractivity contribution >= 4 is 44.7 Å². The Kier molecular flexibility index (Phi) is 5.43. The Bertz CT molecular complexity index is 863. The molecule has 0 heterocycles. The summed E-state index contributed by atoms with van der Waals surface area (Å²) in [6, 6.07) is 10.4. The molecule has 2 aromatic carbocycles. The van der Waals surface area contributed by atoms with Gasteiger partial charge in [-0.2, -0.15) is 0 Å². The highest BCUT2D eigenvalue weighted by Crippen LogP contribution is 2.23. The van der Waals surface area contributed by atoms with Gasteiger partial charge in [0, 0.05) is 23.5 Å². The second kappa shape index (κ2) is 7.14. The van der Waals surface area contributed by atoms with E-state index in [4.69, 9.17) is 28.3 Å². The third-order valence-corrected chi connectivity index (χ3v) is 4.54. The van der Waals surface area contributed by atoms with Crippen LogP contribution in [0.1, 0.15) is 10.4 Å². The maximum atomic E-state index is 12.0. The number of hydrogen-bond donors (Lipinski definition) is 2. The maximum absolute atomic E-state index is 12.0. The van der Waals surface area contributed by atoms with Crippen LogP contribution in [0.3, 0.4) is 0 Å². The van der Waals surface area contributed by atoms with E-state index >= 15 is 0 Å². The van der Waals surface area contributed by atoms with E-state index in [1.54, 1.807) is 12.1 Å². The average Bonchev–Trinajstić information content (AvgIpc) is 2.49. The van der Waals surface area contributed by atoms with E-state index in [0.29, 0.717) is 21.3 Å². The van der Waals surface area contributed by atoms with E-state index < -0.39 is 10.0 Å². The normalized spacial score (nSPS) is 11.6. The van der Waals surface area contributed by atoms with Gasteiger partial charge < -0.3 is 5.32 Å². The number of halogens is 2. The highest BCUT2D eigenvalue weighted by Gasteiger charge is 2.07. The van der Waals surface area contributed by atoms with Crippen LogP contribution in [0, 0.1) is 0 Å². The molecule has 0 bridgehead atoms. The molecule has 2 aromatic rings. The van der Waals surface area contributed by atoms with Crippen LogP contribution in [0.2, 0.25) is 10.0 Å². The Morgan fingerprint density at radius 2 is 1.70 bits per heavy atom. The molecule has 0 spiro atoms. The van der Waals surface area contributed by atoms with Gasteiger partial charge in [0.2, 0.25) is 10.0 Å². The van der Waals surface area contributed by atoms with Crippen LogP contribution in [0.15, 0.2) is 59.6 Å². The molecule has 23 heavy (non-hydrogen) atoms. The maximum Gasteiger partial charge on any atom is 0.238 e. The second-order valence-electron chi connectivity index (χ2n) is 4.54. The predicted molar refractivity (Wildman–Crippen MR) is 91.4 cm³/mol. The molecular formula is C15H12Cl2N2O3S. The number of allylic oxidation sites excluding steroid dienone is 1. The average molecular weight is 371 g/mol. The molecule has 0 saturated heterocycles. The van der Waals surface area contributed by atoms with Gasteiger partial charge in [0.25, 0.3) is 0 Å². The summed E-state index contributed by atoms with van der Waals surface area (Å²) in [7, 11) is -3.72. The Morgan fingerprint density at radius 1 is 1.04 bits per heavy atom. The minimum Gasteiger partial charge on any atom is -0.362 e. The van der Waals surface area contributed by atoms with Crippen molar-refractivity contribution in [2.45, 2.75) is 4.90 Å². The molecule has 3 N–H and O–H groups in total. The molecule has 8 heteroatoms. The van der Waals surface area contributed by atoms with E-state index in [0.717, 1.165) is 0 Å². The molecular weight excluding hydrogens is 359 g/mol. The van der Waals surface area contributed by atoms with Crippen molar-refractivity contribution in [2.24, 2.45) is 5.14 Å². The summed E-state index contributed by atoms with van der Waals surface area (Å²) < 4.78 is 22.3. The summed E-state index contributed by atoms with van der Waals surface area (Å²) in [5.74, 6) is -0.253. The number of hydrogen-bond acceptors (Lipinski definition) is 4. The second-order valence-corrected chi connectivity index (χ2v) is 6.92. The highest BCUT2D eigenvalue weighted by atomic mass is 35.5. The number of nitrogens with one attached hydrogen (secondary N) is 1. The summed E-state index contributed by atoms with van der Waals surface area (Å²) in [5.41, 5.74) is 1.01. The standard InChI is InChI=1S/C15H12Cl2N2O3S/c16-13-6-1-10(9-14(13)17)15(20)7-8-19-11-2-4-12(5-3-11)23(18,21)22/h1-9,19H,(H2,18,21,22). The summed E-state index contributed by atoms with van der Waals surface area (Å²) in [6.45, 7) is 0. The van der Waals surface area contributed by atoms with Crippen LogP contribution in [0.4, 0.5) is 5.69 Å². The zero-order chi connectivity index (χ0) is 17.0. The van der Waals surface area contributed by atoms with E-state index in [2.05, 4.69) is 5.32 Å². The van der Waals surface area contributed by atoms with Gasteiger partial charge in [0.1, 0.15) is 0 Å². The lowest BCUT2D eigenvalue weighted by Crippen LogP contribution is -2.11. The Morgan fingerprint density at radius 3 is 2.26 bits per heavy atom. The third-order valence-electron chi connectivity index (χ3n) is 2.87. The van der Waals surface area contributed by atoms with Crippen LogP contribution in [0.5, 0.6) is 0 Å². The van der Waals surface area contributed by atoms with Crippen molar-refractivity contribution in [1.29, 1.82) is 0 Å². The fourth-order valence-electron chi connectivity index (χ4n) is 1.70. The van der Waals surface area contributed by atoms with Gasteiger partial charge in [0.15, 0.2) is 5.78 Å². The number of benzene rings is 2. The topological polar surface area (TPSA) is 89.3 Å². The van der Waals surface area contributed by atoms with Crippen molar-refractivity contribution < 1.29 is 13.2 Å². The van der Waals surface area contributed by atoms with E-state index in [1.165, 1.54) is 42.6 Å². The molecule has 5 nitrogen and oxygen atoms in total. The third kappa shape index (κ3) is 4.80. The first kappa shape index (κ1) is 17.5. The lowest BCUT2D eigenvalue weighted by molar-refractivity contribution is 0.104. The van der Waals surface area contributed by atoms with Gasteiger partial charge in [-0.1, -0.05) is 23.2 Å². The summed E-state index contributed by atoms with van der Waals surface area (Å²) in [4.78, 5) is 12.0. The lowest BCUT2D eigenvalue weighted by Gasteiger charge is -2.02. The van der Waals surface area contributed by atoms with Crippen LogP contribution < -0.4 is 10.5 Å². The quantitative estimate of drug-likeness (QED) is 0.622. The van der Waals surface area contributed by atoms with Crippen LogP contribution in [-0.2, 0) is 10.0 Å². The predicted octanol–water partition coefficient (Wildman–Crippen LogP) is 3.45. The molecule has 0 aliphatic rings. The first-order valence-corrected chi connectivity index (χ1v) is 8.63. The van der Waals surface area contributed by atoms with Gasteiger partial charge in [0.05, 0.1) is 14.9 Å². The van der Waals surface area contributed by atoms with Crippen LogP contribution >= 0.6 is 23.2 Å². The molecule has 0 unspecified atom stereocenters. The molecule has 0 saturated carbocycles. The number of carbonyl (C=O) groups excluding carboxylic acids is 1. The molecule has 0 amide bonds. The largest absolute Gasteiger partial charge is 0.362 e. The smallest absolute Gasteiger partial charge is 0.238 e. The zero-order valence-electron chi connectivity index (χ0n) is 11.7. The molecule has 0 aliphatic heterocycles. The minimum atomic E-state index is -3.72. The van der Waals surface area contributed by atoms with Gasteiger partial charge in [-0.05, 0) is 42.5 Å². The van der Waals surface area contributed by atoms with Crippen molar-refractivity contribution in [3.63, 3.8) is 0 Å². The molecule has 0 fully saturated rings. The summed E-state index contributed by atoms with van der Waals surface area (Å²) >= 11 is 11.6. The first-order chi connectivity index (χ1) is 10.8. The van der Waals surface area contributed by atoms with Crippen LogP contribution in [0.25, 0.3) is 0 Å². The van der Waals surface area contributed by atoms with Crippen molar-refractivity contribution in [1.82, 2.24) is 0 Å². The SMILES string of the molecule is NS(=O)(=O)c1ccc(NC=CC(=O)c2ccc(Cl)c(Cl)c2)cc1. The van der Waals surface area contributed by atoms with Crippen molar-refractivity contribution in [2.75, 3.05) is 5.32 Å². The minimum absolute atomic E-state index is 0.0129. The summed E-state index contributed by atoms with van der Waals surface area (Å²) in [6.07, 6.45) is 2.77. The van der Waals surface area contributed by atoms with Crippen molar-refractivity contribution in [3.05, 3.63) is 70.3 Å². The molecule has 0 atom stereocenters. The van der Waals surface area contributed by atoms with Crippen LogP contribution in [-0.4, -0.2) is 14.2 Å². The Labute approximate surface area is 143 Å². The van der Waals surface area contributed by atoms with E-state index in [-0.39, 0.29) is 10.7 Å². The van der Waals surface area contributed by atoms with Gasteiger partial charge in [-0.25, -0.2) is 13.6 Å². The highest BCUT2D eigenvalue weighted by molar-refractivity contribution is 7.89. The van der Waals surface area contributed by atoms with Crippen molar-refractivity contribution in [3.8, 4) is 0 Å². The Hall–Kier alpha value is -1.86. The van der Waals surface area contributed by atoms with E-state index in [9.17, 15) is 13.2 Å².